The van der Waals surface area contributed by atoms with Gasteiger partial charge in [0.05, 0.1) is 0 Å². The fourth-order valence-corrected chi connectivity index (χ4v) is 1.39. The number of rotatable bonds is 3. The molecule has 2 rings (SSSR count). The summed E-state index contributed by atoms with van der Waals surface area (Å²) in [6, 6.07) is 0. The van der Waals surface area contributed by atoms with E-state index in [0.29, 0.717) is 12.5 Å². The Bertz CT molecular complexity index is 314. The summed E-state index contributed by atoms with van der Waals surface area (Å²) >= 11 is 0. The fourth-order valence-electron chi connectivity index (χ4n) is 1.39. The van der Waals surface area contributed by atoms with E-state index in [9.17, 15) is 4.79 Å². The van der Waals surface area contributed by atoms with E-state index >= 15 is 0 Å². The van der Waals surface area contributed by atoms with E-state index < -0.39 is 0 Å². The van der Waals surface area contributed by atoms with Crippen LogP contribution < -0.4 is 5.32 Å². The van der Waals surface area contributed by atoms with Gasteiger partial charge in [0.25, 0.3) is 0 Å². The first-order chi connectivity index (χ1) is 6.31. The van der Waals surface area contributed by atoms with Crippen LogP contribution in [0.5, 0.6) is 0 Å². The number of hydrogen-bond acceptors (Lipinski definition) is 2. The van der Waals surface area contributed by atoms with Gasteiger partial charge in [0.1, 0.15) is 12.4 Å². The van der Waals surface area contributed by atoms with Crippen molar-refractivity contribution in [3.05, 3.63) is 18.2 Å². The molecule has 4 nitrogen and oxygen atoms in total. The van der Waals surface area contributed by atoms with Gasteiger partial charge in [0, 0.05) is 25.4 Å². The summed E-state index contributed by atoms with van der Waals surface area (Å²) in [5.74, 6) is 1.68. The highest BCUT2D eigenvalue weighted by Crippen LogP contribution is 2.38. The Morgan fingerprint density at radius 2 is 2.54 bits per heavy atom. The highest BCUT2D eigenvalue weighted by molar-refractivity contribution is 5.75. The maximum Gasteiger partial charge on any atom is 0.239 e. The Kier molecular flexibility index (Phi) is 2.04. The first kappa shape index (κ1) is 8.29. The van der Waals surface area contributed by atoms with Gasteiger partial charge in [-0.2, -0.15) is 0 Å². The molecule has 13 heavy (non-hydrogen) atoms. The van der Waals surface area contributed by atoms with Crippen LogP contribution in [0.25, 0.3) is 0 Å². The summed E-state index contributed by atoms with van der Waals surface area (Å²) in [5, 5.41) is 2.60. The van der Waals surface area contributed by atoms with Gasteiger partial charge in [-0.05, 0) is 12.8 Å². The molecule has 70 valence electrons. The maximum absolute atomic E-state index is 11.1. The van der Waals surface area contributed by atoms with Gasteiger partial charge in [-0.1, -0.05) is 0 Å². The molecule has 1 amide bonds. The number of aromatic nitrogens is 2. The minimum Gasteiger partial charge on any atom is -0.358 e. The number of likely N-dealkylation sites (N-methyl/N-ethyl adjacent to an activating group) is 1. The molecule has 1 N–H and O–H groups in total. The van der Waals surface area contributed by atoms with Crippen molar-refractivity contribution in [3.63, 3.8) is 0 Å². The molecule has 1 aliphatic rings. The van der Waals surface area contributed by atoms with E-state index in [1.54, 1.807) is 13.2 Å². The molecule has 0 aliphatic heterocycles. The number of hydrogen-bond donors (Lipinski definition) is 1. The Balaban J connectivity index is 2.10. The average Bonchev–Trinajstić information content (AvgIpc) is 2.88. The number of amides is 1. The molecule has 0 aromatic carbocycles. The van der Waals surface area contributed by atoms with Gasteiger partial charge in [0.2, 0.25) is 5.91 Å². The quantitative estimate of drug-likeness (QED) is 0.734. The molecule has 0 bridgehead atoms. The summed E-state index contributed by atoms with van der Waals surface area (Å²) in [5.41, 5.74) is 0. The third kappa shape index (κ3) is 1.71. The minimum absolute atomic E-state index is 0.0277. The van der Waals surface area contributed by atoms with Crippen molar-refractivity contribution in [3.8, 4) is 0 Å². The lowest BCUT2D eigenvalue weighted by molar-refractivity contribution is -0.121. The Hall–Kier alpha value is -1.32. The monoisotopic (exact) mass is 179 g/mol. The molecular weight excluding hydrogens is 166 g/mol. The molecule has 4 heteroatoms. The molecule has 1 heterocycles. The van der Waals surface area contributed by atoms with E-state index in [-0.39, 0.29) is 5.91 Å². The van der Waals surface area contributed by atoms with Crippen molar-refractivity contribution >= 4 is 5.91 Å². The second-order valence-corrected chi connectivity index (χ2v) is 3.36. The van der Waals surface area contributed by atoms with Crippen LogP contribution in [0.4, 0.5) is 0 Å². The molecule has 1 aromatic rings. The van der Waals surface area contributed by atoms with Crippen LogP contribution >= 0.6 is 0 Å². The normalized spacial score (nSPS) is 15.8. The SMILES string of the molecule is CNC(=O)Cn1ccnc1C1CC1. The molecule has 1 fully saturated rings. The van der Waals surface area contributed by atoms with Crippen molar-refractivity contribution in [2.75, 3.05) is 7.05 Å². The Labute approximate surface area is 77.0 Å². The van der Waals surface area contributed by atoms with Crippen molar-refractivity contribution < 1.29 is 4.79 Å². The molecule has 0 radical (unpaired) electrons. The van der Waals surface area contributed by atoms with Crippen molar-refractivity contribution in [2.24, 2.45) is 0 Å². The summed E-state index contributed by atoms with van der Waals surface area (Å²) in [6.07, 6.45) is 6.05. The second kappa shape index (κ2) is 3.20. The van der Waals surface area contributed by atoms with Crippen LogP contribution in [0.3, 0.4) is 0 Å². The van der Waals surface area contributed by atoms with Crippen LogP contribution in [-0.4, -0.2) is 22.5 Å². The molecular formula is C9H13N3O. The Morgan fingerprint density at radius 1 is 1.77 bits per heavy atom. The Morgan fingerprint density at radius 3 is 3.15 bits per heavy atom. The number of imidazole rings is 1. The van der Waals surface area contributed by atoms with Gasteiger partial charge in [-0.15, -0.1) is 0 Å². The average molecular weight is 179 g/mol. The first-order valence-corrected chi connectivity index (χ1v) is 4.53. The lowest BCUT2D eigenvalue weighted by Crippen LogP contribution is -2.24. The lowest BCUT2D eigenvalue weighted by atomic mass is 10.4. The van der Waals surface area contributed by atoms with Crippen LogP contribution in [-0.2, 0) is 11.3 Å². The van der Waals surface area contributed by atoms with Gasteiger partial charge in [0.15, 0.2) is 0 Å². The number of nitrogens with zero attached hydrogens (tertiary/aromatic N) is 2. The molecule has 0 unspecified atom stereocenters. The predicted octanol–water partition coefficient (Wildman–Crippen LogP) is 0.506. The molecule has 1 saturated carbocycles. The van der Waals surface area contributed by atoms with Crippen LogP contribution in [0.1, 0.15) is 24.6 Å². The molecule has 0 spiro atoms. The topological polar surface area (TPSA) is 46.9 Å². The van der Waals surface area contributed by atoms with Crippen LogP contribution in [0, 0.1) is 0 Å². The summed E-state index contributed by atoms with van der Waals surface area (Å²) in [7, 11) is 1.65. The fraction of sp³-hybridized carbons (Fsp3) is 0.556. The summed E-state index contributed by atoms with van der Waals surface area (Å²) in [6.45, 7) is 0.391. The van der Waals surface area contributed by atoms with E-state index in [1.807, 2.05) is 10.8 Å². The maximum atomic E-state index is 11.1. The standard InChI is InChI=1S/C9H13N3O/c1-10-8(13)6-12-5-4-11-9(12)7-2-3-7/h4-5,7H,2-3,6H2,1H3,(H,10,13). The van der Waals surface area contributed by atoms with Gasteiger partial charge in [-0.3, -0.25) is 4.79 Å². The van der Waals surface area contributed by atoms with E-state index in [2.05, 4.69) is 10.3 Å². The van der Waals surface area contributed by atoms with E-state index in [4.69, 9.17) is 0 Å². The highest BCUT2D eigenvalue weighted by Gasteiger charge is 2.28. The second-order valence-electron chi connectivity index (χ2n) is 3.36. The number of carbonyl (C=O) groups excluding carboxylic acids is 1. The highest BCUT2D eigenvalue weighted by atomic mass is 16.1. The summed E-state index contributed by atoms with van der Waals surface area (Å²) < 4.78 is 1.93. The predicted molar refractivity (Wildman–Crippen MR) is 48.3 cm³/mol. The van der Waals surface area contributed by atoms with Crippen molar-refractivity contribution in [1.82, 2.24) is 14.9 Å². The van der Waals surface area contributed by atoms with E-state index in [0.717, 1.165) is 5.82 Å². The van der Waals surface area contributed by atoms with Crippen LogP contribution in [0.15, 0.2) is 12.4 Å². The number of nitrogens with one attached hydrogen (secondary N) is 1. The van der Waals surface area contributed by atoms with Crippen molar-refractivity contribution in [2.45, 2.75) is 25.3 Å². The third-order valence-corrected chi connectivity index (χ3v) is 2.28. The molecule has 1 aliphatic carbocycles. The van der Waals surface area contributed by atoms with Crippen LogP contribution in [0.2, 0.25) is 0 Å². The summed E-state index contributed by atoms with van der Waals surface area (Å²) in [4.78, 5) is 15.4. The number of carbonyl (C=O) groups is 1. The smallest absolute Gasteiger partial charge is 0.239 e. The largest absolute Gasteiger partial charge is 0.358 e. The zero-order valence-corrected chi connectivity index (χ0v) is 7.66. The molecule has 1 aromatic heterocycles. The first-order valence-electron chi connectivity index (χ1n) is 4.53. The zero-order chi connectivity index (χ0) is 9.26. The van der Waals surface area contributed by atoms with Gasteiger partial charge < -0.3 is 9.88 Å². The molecule has 0 atom stereocenters. The van der Waals surface area contributed by atoms with Gasteiger partial charge in [-0.25, -0.2) is 4.98 Å². The van der Waals surface area contributed by atoms with E-state index in [1.165, 1.54) is 12.8 Å². The molecule has 0 saturated heterocycles. The third-order valence-electron chi connectivity index (χ3n) is 2.28. The zero-order valence-electron chi connectivity index (χ0n) is 7.66. The minimum atomic E-state index is 0.0277. The van der Waals surface area contributed by atoms with Gasteiger partial charge >= 0.3 is 0 Å². The van der Waals surface area contributed by atoms with Crippen molar-refractivity contribution in [1.29, 1.82) is 0 Å². The lowest BCUT2D eigenvalue weighted by Gasteiger charge is -2.04.